The highest BCUT2D eigenvalue weighted by atomic mass is 35.5. The van der Waals surface area contributed by atoms with Crippen molar-refractivity contribution in [3.63, 3.8) is 0 Å². The summed E-state index contributed by atoms with van der Waals surface area (Å²) in [4.78, 5) is 39.8. The average Bonchev–Trinajstić information content (AvgIpc) is 2.87. The minimum atomic E-state index is -1.03. The summed E-state index contributed by atoms with van der Waals surface area (Å²) in [5.74, 6) is -3.81. The van der Waals surface area contributed by atoms with Crippen molar-refractivity contribution in [3.05, 3.63) is 87.3 Å². The molecule has 1 unspecified atom stereocenters. The fourth-order valence-electron chi connectivity index (χ4n) is 3.74. The topological polar surface area (TPSA) is 132 Å². The van der Waals surface area contributed by atoms with Crippen molar-refractivity contribution in [1.82, 2.24) is 0 Å². The zero-order chi connectivity index (χ0) is 25.0. The van der Waals surface area contributed by atoms with Gasteiger partial charge in [0.2, 0.25) is 0 Å². The molecule has 10 heteroatoms. The molecule has 0 aromatic heterocycles. The van der Waals surface area contributed by atoms with E-state index in [1.54, 1.807) is 30.3 Å². The Bertz CT molecular complexity index is 1260. The highest BCUT2D eigenvalue weighted by molar-refractivity contribution is 6.31. The number of nitrogens with two attached hydrogens (primary N) is 1. The summed E-state index contributed by atoms with van der Waals surface area (Å²) in [7, 11) is 3.45. The summed E-state index contributed by atoms with van der Waals surface area (Å²) in [5, 5.41) is 10.3. The van der Waals surface area contributed by atoms with Crippen molar-refractivity contribution in [2.45, 2.75) is 5.92 Å². The third-order valence-electron chi connectivity index (χ3n) is 5.22. The van der Waals surface area contributed by atoms with Crippen LogP contribution in [0.4, 0.5) is 5.69 Å². The molecule has 1 heterocycles. The Hall–Kier alpha value is -4.29. The molecular weight excluding hydrogens is 462 g/mol. The number of anilines is 1. The van der Waals surface area contributed by atoms with Crippen LogP contribution in [0, 0.1) is 11.3 Å². The zero-order valence-electron chi connectivity index (χ0n) is 18.5. The van der Waals surface area contributed by atoms with E-state index in [2.05, 4.69) is 0 Å². The highest BCUT2D eigenvalue weighted by Gasteiger charge is 2.43. The molecule has 2 N–H and O–H groups in total. The molecule has 1 aliphatic heterocycles. The average molecular weight is 482 g/mol. The lowest BCUT2D eigenvalue weighted by Crippen LogP contribution is -2.41. The maximum atomic E-state index is 13.1. The van der Waals surface area contributed by atoms with Crippen molar-refractivity contribution in [2.24, 2.45) is 5.73 Å². The van der Waals surface area contributed by atoms with Gasteiger partial charge in [-0.05, 0) is 23.8 Å². The second-order valence-corrected chi connectivity index (χ2v) is 7.42. The first-order valence-electron chi connectivity index (χ1n) is 9.84. The van der Waals surface area contributed by atoms with Crippen LogP contribution in [0.25, 0.3) is 0 Å². The number of methoxy groups -OCH3 is 3. The van der Waals surface area contributed by atoms with Crippen LogP contribution < -0.4 is 10.6 Å². The van der Waals surface area contributed by atoms with Crippen LogP contribution in [0.2, 0.25) is 5.02 Å². The van der Waals surface area contributed by atoms with E-state index in [1.165, 1.54) is 25.3 Å². The molecule has 0 saturated carbocycles. The third-order valence-corrected chi connectivity index (χ3v) is 5.45. The van der Waals surface area contributed by atoms with E-state index in [9.17, 15) is 19.6 Å². The van der Waals surface area contributed by atoms with Gasteiger partial charge in [0.15, 0.2) is 0 Å². The summed E-state index contributed by atoms with van der Waals surface area (Å²) in [6, 6.07) is 14.8. The lowest BCUT2D eigenvalue weighted by atomic mass is 9.80. The van der Waals surface area contributed by atoms with Crippen molar-refractivity contribution >= 4 is 35.2 Å². The number of hydrogen-bond acceptors (Lipinski definition) is 9. The zero-order valence-corrected chi connectivity index (χ0v) is 19.3. The number of hydrogen-bond donors (Lipinski definition) is 1. The van der Waals surface area contributed by atoms with E-state index >= 15 is 0 Å². The number of carbonyl (C=O) groups is 3. The van der Waals surface area contributed by atoms with Gasteiger partial charge in [0, 0.05) is 5.02 Å². The van der Waals surface area contributed by atoms with Crippen LogP contribution in [-0.2, 0) is 23.8 Å². The SMILES string of the molecule is COC(=O)C1=C(C(=O)OC)N(c2ccc(Cl)cc2C(=O)OC)C(N)=C(C#N)C1c1ccccc1. The molecule has 34 heavy (non-hydrogen) atoms. The highest BCUT2D eigenvalue weighted by Crippen LogP contribution is 2.44. The lowest BCUT2D eigenvalue weighted by molar-refractivity contribution is -0.139. The van der Waals surface area contributed by atoms with Crippen molar-refractivity contribution in [2.75, 3.05) is 26.2 Å². The van der Waals surface area contributed by atoms with Crippen LogP contribution >= 0.6 is 11.6 Å². The predicted molar refractivity (Wildman–Crippen MR) is 122 cm³/mol. The van der Waals surface area contributed by atoms with Gasteiger partial charge in [-0.2, -0.15) is 5.26 Å². The molecule has 1 aliphatic rings. The van der Waals surface area contributed by atoms with Gasteiger partial charge in [0.25, 0.3) is 0 Å². The maximum absolute atomic E-state index is 13.1. The van der Waals surface area contributed by atoms with Gasteiger partial charge >= 0.3 is 17.9 Å². The van der Waals surface area contributed by atoms with Crippen LogP contribution in [0.15, 0.2) is 71.2 Å². The van der Waals surface area contributed by atoms with Gasteiger partial charge in [-0.3, -0.25) is 4.90 Å². The van der Waals surface area contributed by atoms with Crippen LogP contribution in [0.1, 0.15) is 21.8 Å². The summed E-state index contributed by atoms with van der Waals surface area (Å²) in [5.41, 5.74) is 6.41. The number of esters is 3. The van der Waals surface area contributed by atoms with E-state index in [0.29, 0.717) is 5.56 Å². The fourth-order valence-corrected chi connectivity index (χ4v) is 3.91. The summed E-state index contributed by atoms with van der Waals surface area (Å²) >= 11 is 6.08. The molecule has 9 nitrogen and oxygen atoms in total. The molecule has 0 saturated heterocycles. The number of ether oxygens (including phenoxy) is 3. The van der Waals surface area contributed by atoms with Crippen LogP contribution in [-0.4, -0.2) is 39.2 Å². The van der Waals surface area contributed by atoms with E-state index in [1.807, 2.05) is 6.07 Å². The first-order valence-corrected chi connectivity index (χ1v) is 10.2. The number of nitriles is 1. The molecule has 2 aromatic carbocycles. The van der Waals surface area contributed by atoms with Crippen molar-refractivity contribution in [3.8, 4) is 6.07 Å². The van der Waals surface area contributed by atoms with Gasteiger partial charge in [0.1, 0.15) is 11.5 Å². The Morgan fingerprint density at radius 3 is 2.15 bits per heavy atom. The van der Waals surface area contributed by atoms with Crippen LogP contribution in [0.5, 0.6) is 0 Å². The number of carbonyl (C=O) groups excluding carboxylic acids is 3. The number of allylic oxidation sites excluding steroid dienone is 1. The Kier molecular flexibility index (Phi) is 7.24. The van der Waals surface area contributed by atoms with Gasteiger partial charge < -0.3 is 19.9 Å². The van der Waals surface area contributed by atoms with Gasteiger partial charge in [-0.1, -0.05) is 41.9 Å². The van der Waals surface area contributed by atoms with Gasteiger partial charge in [-0.25, -0.2) is 14.4 Å². The second-order valence-electron chi connectivity index (χ2n) is 6.99. The monoisotopic (exact) mass is 481 g/mol. The maximum Gasteiger partial charge on any atom is 0.355 e. The first-order chi connectivity index (χ1) is 16.3. The molecule has 1 atom stereocenters. The molecule has 0 amide bonds. The summed E-state index contributed by atoms with van der Waals surface area (Å²) in [6.45, 7) is 0. The number of rotatable bonds is 5. The summed E-state index contributed by atoms with van der Waals surface area (Å²) in [6.07, 6.45) is 0. The molecule has 0 bridgehead atoms. The smallest absolute Gasteiger partial charge is 0.355 e. The van der Waals surface area contributed by atoms with Gasteiger partial charge in [0.05, 0.1) is 55.7 Å². The Balaban J connectivity index is 2.47. The third kappa shape index (κ3) is 4.19. The number of benzene rings is 2. The number of nitrogens with zero attached hydrogens (tertiary/aromatic N) is 2. The quantitative estimate of drug-likeness (QED) is 0.505. The van der Waals surface area contributed by atoms with Crippen LogP contribution in [0.3, 0.4) is 0 Å². The standard InChI is InChI=1S/C24H20ClN3O6/c1-32-22(29)15-11-14(25)9-10-17(15)28-20(24(31)34-3)19(23(30)33-2)18(16(12-26)21(28)27)13-7-5-4-6-8-13/h4-11,18H,27H2,1-3H3. The molecule has 3 rings (SSSR count). The predicted octanol–water partition coefficient (Wildman–Crippen LogP) is 3.02. The largest absolute Gasteiger partial charge is 0.466 e. The molecule has 0 radical (unpaired) electrons. The minimum Gasteiger partial charge on any atom is -0.466 e. The second kappa shape index (κ2) is 10.1. The molecule has 0 aliphatic carbocycles. The molecule has 2 aromatic rings. The van der Waals surface area contributed by atoms with Crippen molar-refractivity contribution < 1.29 is 28.6 Å². The molecular formula is C24H20ClN3O6. The van der Waals surface area contributed by atoms with E-state index < -0.39 is 23.8 Å². The van der Waals surface area contributed by atoms with Gasteiger partial charge in [-0.15, -0.1) is 0 Å². The molecule has 174 valence electrons. The van der Waals surface area contributed by atoms with Crippen molar-refractivity contribution in [1.29, 1.82) is 5.26 Å². The summed E-state index contributed by atoms with van der Waals surface area (Å²) < 4.78 is 14.8. The normalized spacial score (nSPS) is 15.5. The van der Waals surface area contributed by atoms with E-state index in [0.717, 1.165) is 19.1 Å². The van der Waals surface area contributed by atoms with E-state index in [4.69, 9.17) is 31.5 Å². The first kappa shape index (κ1) is 24.4. The Labute approximate surface area is 200 Å². The number of halogens is 1. The molecule has 0 spiro atoms. The fraction of sp³-hybridized carbons (Fsp3) is 0.167. The van der Waals surface area contributed by atoms with E-state index in [-0.39, 0.29) is 38.9 Å². The lowest BCUT2D eigenvalue weighted by Gasteiger charge is -2.36. The minimum absolute atomic E-state index is 0.0370. The molecule has 0 fully saturated rings. The Morgan fingerprint density at radius 2 is 1.59 bits per heavy atom. The Morgan fingerprint density at radius 1 is 0.971 bits per heavy atom.